The molecule has 0 atom stereocenters. The first-order chi connectivity index (χ1) is 8.18. The van der Waals surface area contributed by atoms with Gasteiger partial charge in [0, 0.05) is 36.2 Å². The third-order valence-electron chi connectivity index (χ3n) is 3.75. The van der Waals surface area contributed by atoms with Crippen LogP contribution in [0.25, 0.3) is 10.9 Å². The van der Waals surface area contributed by atoms with Gasteiger partial charge in [-0.2, -0.15) is 0 Å². The maximum absolute atomic E-state index is 3.49. The summed E-state index contributed by atoms with van der Waals surface area (Å²) in [7, 11) is 0. The van der Waals surface area contributed by atoms with Crippen molar-refractivity contribution in [1.29, 1.82) is 0 Å². The van der Waals surface area contributed by atoms with Crippen molar-refractivity contribution in [1.82, 2.24) is 9.88 Å². The summed E-state index contributed by atoms with van der Waals surface area (Å²) < 4.78 is 2.51. The molecule has 0 saturated heterocycles. The number of hydrogen-bond acceptors (Lipinski definition) is 1. The Labute approximate surface area is 103 Å². The van der Waals surface area contributed by atoms with Crippen molar-refractivity contribution in [2.24, 2.45) is 0 Å². The normalized spacial score (nSPS) is 15.5. The Morgan fingerprint density at radius 2 is 2.12 bits per heavy atom. The molecular weight excluding hydrogens is 208 g/mol. The molecule has 1 aliphatic rings. The largest absolute Gasteiger partial charge is 0.342 e. The van der Waals surface area contributed by atoms with Gasteiger partial charge in [0.05, 0.1) is 0 Å². The van der Waals surface area contributed by atoms with Gasteiger partial charge in [0.15, 0.2) is 0 Å². The Morgan fingerprint density at radius 1 is 1.29 bits per heavy atom. The molecule has 0 spiro atoms. The van der Waals surface area contributed by atoms with Crippen molar-refractivity contribution in [3.05, 3.63) is 35.0 Å². The van der Waals surface area contributed by atoms with Crippen LogP contribution in [0.1, 0.15) is 36.6 Å². The minimum atomic E-state index is 0.594. The lowest BCUT2D eigenvalue weighted by Gasteiger charge is -2.19. The van der Waals surface area contributed by atoms with Gasteiger partial charge in [0.2, 0.25) is 0 Å². The molecule has 3 rings (SSSR count). The van der Waals surface area contributed by atoms with E-state index in [0.29, 0.717) is 5.92 Å². The predicted molar refractivity (Wildman–Crippen MR) is 72.5 cm³/mol. The minimum absolute atomic E-state index is 0.594. The summed E-state index contributed by atoms with van der Waals surface area (Å²) in [5, 5.41) is 4.94. The van der Waals surface area contributed by atoms with E-state index in [0.717, 1.165) is 19.6 Å². The summed E-state index contributed by atoms with van der Waals surface area (Å²) in [4.78, 5) is 0. The fraction of sp³-hybridized carbons (Fsp3) is 0.467. The number of nitrogens with zero attached hydrogens (tertiary/aromatic N) is 1. The molecule has 0 bridgehead atoms. The van der Waals surface area contributed by atoms with Crippen LogP contribution in [0.5, 0.6) is 0 Å². The highest BCUT2D eigenvalue weighted by Crippen LogP contribution is 2.33. The van der Waals surface area contributed by atoms with E-state index >= 15 is 0 Å². The molecule has 2 heterocycles. The monoisotopic (exact) mass is 228 g/mol. The molecule has 2 nitrogen and oxygen atoms in total. The molecule has 1 N–H and O–H groups in total. The van der Waals surface area contributed by atoms with Crippen LogP contribution in [-0.4, -0.2) is 11.1 Å². The highest BCUT2D eigenvalue weighted by atomic mass is 15.1. The number of fused-ring (bicyclic) bond motifs is 3. The number of aromatic nitrogens is 1. The highest BCUT2D eigenvalue weighted by molar-refractivity contribution is 5.87. The van der Waals surface area contributed by atoms with E-state index in [1.165, 1.54) is 27.7 Å². The first-order valence-electron chi connectivity index (χ1n) is 6.51. The van der Waals surface area contributed by atoms with Crippen LogP contribution in [0, 0.1) is 6.92 Å². The topological polar surface area (TPSA) is 17.0 Å². The SMILES string of the molecule is Cc1ccc2c(C(C)C)c3n(c2c1)CCNC3. The van der Waals surface area contributed by atoms with Crippen molar-refractivity contribution in [3.8, 4) is 0 Å². The Balaban J connectivity index is 2.37. The smallest absolute Gasteiger partial charge is 0.0489 e. The Kier molecular flexibility index (Phi) is 2.48. The molecule has 17 heavy (non-hydrogen) atoms. The summed E-state index contributed by atoms with van der Waals surface area (Å²) in [6.45, 7) is 9.97. The molecular formula is C15H20N2. The second-order valence-corrected chi connectivity index (χ2v) is 5.36. The molecule has 0 aliphatic carbocycles. The Hall–Kier alpha value is -1.28. The van der Waals surface area contributed by atoms with Crippen molar-refractivity contribution in [2.45, 2.75) is 39.8 Å². The summed E-state index contributed by atoms with van der Waals surface area (Å²) in [5.41, 5.74) is 5.80. The molecule has 1 aliphatic heterocycles. The van der Waals surface area contributed by atoms with Crippen LogP contribution in [0.4, 0.5) is 0 Å². The van der Waals surface area contributed by atoms with Crippen molar-refractivity contribution in [3.63, 3.8) is 0 Å². The van der Waals surface area contributed by atoms with Gasteiger partial charge in [-0.3, -0.25) is 0 Å². The third-order valence-corrected chi connectivity index (χ3v) is 3.75. The summed E-state index contributed by atoms with van der Waals surface area (Å²) in [6.07, 6.45) is 0. The predicted octanol–water partition coefficient (Wildman–Crippen LogP) is 3.18. The summed E-state index contributed by atoms with van der Waals surface area (Å²) in [6, 6.07) is 6.86. The summed E-state index contributed by atoms with van der Waals surface area (Å²) >= 11 is 0. The molecule has 0 fully saturated rings. The quantitative estimate of drug-likeness (QED) is 0.793. The molecule has 90 valence electrons. The van der Waals surface area contributed by atoms with Crippen LogP contribution in [0.2, 0.25) is 0 Å². The zero-order valence-corrected chi connectivity index (χ0v) is 10.9. The second kappa shape index (κ2) is 3.88. The molecule has 2 heteroatoms. The number of nitrogens with one attached hydrogen (secondary N) is 1. The third kappa shape index (κ3) is 1.59. The van der Waals surface area contributed by atoms with Gasteiger partial charge in [-0.1, -0.05) is 26.0 Å². The van der Waals surface area contributed by atoms with E-state index in [4.69, 9.17) is 0 Å². The molecule has 0 amide bonds. The second-order valence-electron chi connectivity index (χ2n) is 5.36. The van der Waals surface area contributed by atoms with Crippen LogP contribution < -0.4 is 5.32 Å². The standard InChI is InChI=1S/C15H20N2/c1-10(2)15-12-5-4-11(3)8-13(12)17-7-6-16-9-14(15)17/h4-5,8,10,16H,6-7,9H2,1-3H3. The maximum Gasteiger partial charge on any atom is 0.0489 e. The fourth-order valence-electron chi connectivity index (χ4n) is 3.03. The summed E-state index contributed by atoms with van der Waals surface area (Å²) in [5.74, 6) is 0.594. The number of rotatable bonds is 1. The number of aryl methyl sites for hydroxylation is 1. The minimum Gasteiger partial charge on any atom is -0.342 e. The number of hydrogen-bond donors (Lipinski definition) is 1. The van der Waals surface area contributed by atoms with E-state index in [9.17, 15) is 0 Å². The highest BCUT2D eigenvalue weighted by Gasteiger charge is 2.20. The Morgan fingerprint density at radius 3 is 2.88 bits per heavy atom. The van der Waals surface area contributed by atoms with E-state index in [1.807, 2.05) is 0 Å². The van der Waals surface area contributed by atoms with Gasteiger partial charge in [0.1, 0.15) is 0 Å². The molecule has 1 aromatic heterocycles. The van der Waals surface area contributed by atoms with Crippen LogP contribution in [0.15, 0.2) is 18.2 Å². The molecule has 0 unspecified atom stereocenters. The van der Waals surface area contributed by atoms with Gasteiger partial charge >= 0.3 is 0 Å². The first-order valence-corrected chi connectivity index (χ1v) is 6.51. The Bertz CT molecular complexity index is 564. The lowest BCUT2D eigenvalue weighted by atomic mass is 9.98. The lowest BCUT2D eigenvalue weighted by Crippen LogP contribution is -2.28. The molecule has 2 aromatic rings. The van der Waals surface area contributed by atoms with Crippen molar-refractivity contribution >= 4 is 10.9 Å². The van der Waals surface area contributed by atoms with Gasteiger partial charge in [-0.15, -0.1) is 0 Å². The molecule has 0 radical (unpaired) electrons. The lowest BCUT2D eigenvalue weighted by molar-refractivity contribution is 0.520. The van der Waals surface area contributed by atoms with Gasteiger partial charge < -0.3 is 9.88 Å². The maximum atomic E-state index is 3.49. The van der Waals surface area contributed by atoms with E-state index in [1.54, 1.807) is 0 Å². The zero-order valence-electron chi connectivity index (χ0n) is 10.9. The van der Waals surface area contributed by atoms with Gasteiger partial charge in [-0.25, -0.2) is 0 Å². The van der Waals surface area contributed by atoms with E-state index in [-0.39, 0.29) is 0 Å². The van der Waals surface area contributed by atoms with Gasteiger partial charge in [-0.05, 0) is 30.0 Å². The van der Waals surface area contributed by atoms with E-state index in [2.05, 4.69) is 48.9 Å². The van der Waals surface area contributed by atoms with Crippen LogP contribution in [-0.2, 0) is 13.1 Å². The molecule has 0 saturated carbocycles. The van der Waals surface area contributed by atoms with Gasteiger partial charge in [0.25, 0.3) is 0 Å². The van der Waals surface area contributed by atoms with Crippen LogP contribution >= 0.6 is 0 Å². The average molecular weight is 228 g/mol. The van der Waals surface area contributed by atoms with Crippen LogP contribution in [0.3, 0.4) is 0 Å². The van der Waals surface area contributed by atoms with E-state index < -0.39 is 0 Å². The molecule has 1 aromatic carbocycles. The first kappa shape index (κ1) is 10.8. The van der Waals surface area contributed by atoms with Crippen molar-refractivity contribution in [2.75, 3.05) is 6.54 Å². The van der Waals surface area contributed by atoms with Crippen molar-refractivity contribution < 1.29 is 0 Å². The fourth-order valence-corrected chi connectivity index (χ4v) is 3.03. The number of benzene rings is 1. The average Bonchev–Trinajstić information content (AvgIpc) is 2.63. The zero-order chi connectivity index (χ0) is 12.0.